The van der Waals surface area contributed by atoms with Gasteiger partial charge in [0.1, 0.15) is 5.82 Å². The highest BCUT2D eigenvalue weighted by atomic mass is 15.2. The van der Waals surface area contributed by atoms with Gasteiger partial charge in [0.25, 0.3) is 0 Å². The molecule has 5 N–H and O–H groups in total. The van der Waals surface area contributed by atoms with Gasteiger partial charge in [-0.1, -0.05) is 0 Å². The van der Waals surface area contributed by atoms with Crippen molar-refractivity contribution in [2.45, 2.75) is 51.5 Å². The molecule has 0 aliphatic heterocycles. The number of anilines is 1. The first-order chi connectivity index (χ1) is 10.1. The summed E-state index contributed by atoms with van der Waals surface area (Å²) in [6.45, 7) is 2.12. The third-order valence-corrected chi connectivity index (χ3v) is 6.39. The Hall–Kier alpha value is -1.13. The summed E-state index contributed by atoms with van der Waals surface area (Å²) in [5.74, 6) is 9.40. The first kappa shape index (κ1) is 13.5. The summed E-state index contributed by atoms with van der Waals surface area (Å²) in [6.07, 6.45) is 10.0. The number of hydrogen-bond donors (Lipinski definition) is 3. The predicted molar refractivity (Wildman–Crippen MR) is 84.1 cm³/mol. The minimum atomic E-state index is 0.152. The minimum absolute atomic E-state index is 0.152. The Bertz CT molecular complexity index is 498. The van der Waals surface area contributed by atoms with Crippen LogP contribution in [0.15, 0.2) is 12.3 Å². The summed E-state index contributed by atoms with van der Waals surface area (Å²) < 4.78 is 0. The largest absolute Gasteiger partial charge is 0.383 e. The second kappa shape index (κ2) is 4.68. The van der Waals surface area contributed by atoms with Crippen LogP contribution in [0.2, 0.25) is 0 Å². The monoisotopic (exact) mass is 286 g/mol. The standard InChI is InChI=1S/C17H26N4/c1-10-2-3-20-16(18)14(10)15(21-19)17-7-11-4-12(8-17)6-13(5-11)9-17/h2-3,11-13,15,21H,4-9,19H2,1H3,(H2,18,20). The third kappa shape index (κ3) is 2.00. The van der Waals surface area contributed by atoms with Crippen LogP contribution in [0, 0.1) is 30.1 Å². The van der Waals surface area contributed by atoms with E-state index in [0.717, 1.165) is 23.3 Å². The first-order valence-corrected chi connectivity index (χ1v) is 8.28. The quantitative estimate of drug-likeness (QED) is 0.590. The van der Waals surface area contributed by atoms with Crippen LogP contribution in [0.4, 0.5) is 5.82 Å². The van der Waals surface area contributed by atoms with Crippen LogP contribution in [-0.4, -0.2) is 4.98 Å². The van der Waals surface area contributed by atoms with E-state index in [0.29, 0.717) is 11.2 Å². The van der Waals surface area contributed by atoms with Crippen LogP contribution < -0.4 is 17.0 Å². The Morgan fingerprint density at radius 3 is 2.24 bits per heavy atom. The topological polar surface area (TPSA) is 77.0 Å². The Balaban J connectivity index is 1.76. The van der Waals surface area contributed by atoms with Crippen molar-refractivity contribution in [2.75, 3.05) is 5.73 Å². The number of aromatic nitrogens is 1. The lowest BCUT2D eigenvalue weighted by Gasteiger charge is -2.59. The van der Waals surface area contributed by atoms with E-state index in [1.807, 2.05) is 0 Å². The zero-order valence-corrected chi connectivity index (χ0v) is 12.8. The molecular weight excluding hydrogens is 260 g/mol. The molecule has 0 radical (unpaired) electrons. The maximum atomic E-state index is 6.21. The predicted octanol–water partition coefficient (Wildman–Crippen LogP) is 2.69. The molecule has 1 aromatic heterocycles. The molecule has 0 saturated heterocycles. The first-order valence-electron chi connectivity index (χ1n) is 8.28. The van der Waals surface area contributed by atoms with Gasteiger partial charge in [-0.05, 0) is 80.2 Å². The van der Waals surface area contributed by atoms with Gasteiger partial charge in [-0.25, -0.2) is 4.98 Å². The van der Waals surface area contributed by atoms with Crippen LogP contribution >= 0.6 is 0 Å². The summed E-state index contributed by atoms with van der Waals surface area (Å²) >= 11 is 0. The summed E-state index contributed by atoms with van der Waals surface area (Å²) in [5.41, 5.74) is 12.0. The van der Waals surface area contributed by atoms with E-state index in [2.05, 4.69) is 23.4 Å². The SMILES string of the molecule is Cc1ccnc(N)c1C(NN)C12CC3CC(CC(C3)C1)C2. The van der Waals surface area contributed by atoms with E-state index in [1.165, 1.54) is 44.1 Å². The van der Waals surface area contributed by atoms with E-state index >= 15 is 0 Å². The molecule has 0 spiro atoms. The molecule has 4 heteroatoms. The van der Waals surface area contributed by atoms with E-state index in [1.54, 1.807) is 6.20 Å². The van der Waals surface area contributed by atoms with Crippen LogP contribution in [-0.2, 0) is 0 Å². The van der Waals surface area contributed by atoms with Crippen molar-refractivity contribution in [2.24, 2.45) is 29.0 Å². The van der Waals surface area contributed by atoms with Gasteiger partial charge in [-0.2, -0.15) is 0 Å². The molecule has 1 aromatic rings. The summed E-state index contributed by atoms with van der Waals surface area (Å²) in [6, 6.07) is 2.20. The van der Waals surface area contributed by atoms with Crippen molar-refractivity contribution >= 4 is 5.82 Å². The van der Waals surface area contributed by atoms with Crippen molar-refractivity contribution in [3.8, 4) is 0 Å². The number of hydrogen-bond acceptors (Lipinski definition) is 4. The lowest BCUT2D eigenvalue weighted by Crippen LogP contribution is -2.53. The number of hydrazine groups is 1. The fourth-order valence-electron chi connectivity index (χ4n) is 6.06. The molecule has 4 fully saturated rings. The smallest absolute Gasteiger partial charge is 0.128 e. The van der Waals surface area contributed by atoms with E-state index < -0.39 is 0 Å². The molecule has 1 unspecified atom stereocenters. The van der Waals surface area contributed by atoms with Gasteiger partial charge in [0, 0.05) is 11.8 Å². The summed E-state index contributed by atoms with van der Waals surface area (Å²) in [5, 5.41) is 0. The van der Waals surface area contributed by atoms with Crippen LogP contribution in [0.3, 0.4) is 0 Å². The molecule has 4 saturated carbocycles. The number of nitrogens with two attached hydrogens (primary N) is 2. The Labute approximate surface area is 126 Å². The number of pyridine rings is 1. The average Bonchev–Trinajstić information content (AvgIpc) is 2.41. The highest BCUT2D eigenvalue weighted by Crippen LogP contribution is 2.64. The molecule has 1 heterocycles. The van der Waals surface area contributed by atoms with Gasteiger partial charge in [0.05, 0.1) is 6.04 Å². The zero-order valence-electron chi connectivity index (χ0n) is 12.8. The van der Waals surface area contributed by atoms with E-state index in [4.69, 9.17) is 11.6 Å². The Morgan fingerprint density at radius 1 is 1.19 bits per heavy atom. The average molecular weight is 286 g/mol. The molecule has 1 atom stereocenters. The molecule has 4 bridgehead atoms. The molecule has 0 amide bonds. The minimum Gasteiger partial charge on any atom is -0.383 e. The number of nitrogens with zero attached hydrogens (tertiary/aromatic N) is 1. The second-order valence-electron chi connectivity index (χ2n) is 7.81. The van der Waals surface area contributed by atoms with Crippen molar-refractivity contribution in [3.63, 3.8) is 0 Å². The van der Waals surface area contributed by atoms with Gasteiger partial charge < -0.3 is 5.73 Å². The van der Waals surface area contributed by atoms with Gasteiger partial charge in [0.2, 0.25) is 0 Å². The van der Waals surface area contributed by atoms with E-state index in [-0.39, 0.29) is 6.04 Å². The normalized spacial score (nSPS) is 38.7. The Kier molecular flexibility index (Phi) is 3.02. The lowest BCUT2D eigenvalue weighted by molar-refractivity contribution is -0.0749. The molecule has 5 rings (SSSR count). The molecule has 114 valence electrons. The van der Waals surface area contributed by atoms with Crippen molar-refractivity contribution in [3.05, 3.63) is 23.4 Å². The highest BCUT2D eigenvalue weighted by molar-refractivity contribution is 5.47. The third-order valence-electron chi connectivity index (χ3n) is 6.39. The van der Waals surface area contributed by atoms with Crippen molar-refractivity contribution < 1.29 is 0 Å². The maximum absolute atomic E-state index is 6.21. The number of aryl methyl sites for hydroxylation is 1. The number of nitrogens with one attached hydrogen (secondary N) is 1. The van der Waals surface area contributed by atoms with E-state index in [9.17, 15) is 0 Å². The molecule has 4 aliphatic rings. The molecule has 4 nitrogen and oxygen atoms in total. The van der Waals surface area contributed by atoms with Crippen LogP contribution in [0.5, 0.6) is 0 Å². The van der Waals surface area contributed by atoms with Gasteiger partial charge in [-0.15, -0.1) is 0 Å². The van der Waals surface area contributed by atoms with Gasteiger partial charge in [-0.3, -0.25) is 11.3 Å². The highest BCUT2D eigenvalue weighted by Gasteiger charge is 2.54. The number of nitrogen functional groups attached to an aromatic ring is 1. The fourth-order valence-corrected chi connectivity index (χ4v) is 6.06. The molecule has 0 aromatic carbocycles. The molecule has 4 aliphatic carbocycles. The maximum Gasteiger partial charge on any atom is 0.128 e. The zero-order chi connectivity index (χ0) is 14.6. The van der Waals surface area contributed by atoms with Crippen LogP contribution in [0.1, 0.15) is 55.7 Å². The lowest BCUT2D eigenvalue weighted by atomic mass is 9.47. The van der Waals surface area contributed by atoms with Gasteiger partial charge in [0.15, 0.2) is 0 Å². The Morgan fingerprint density at radius 2 is 1.76 bits per heavy atom. The second-order valence-corrected chi connectivity index (χ2v) is 7.81. The van der Waals surface area contributed by atoms with Crippen molar-refractivity contribution in [1.29, 1.82) is 0 Å². The number of rotatable bonds is 3. The van der Waals surface area contributed by atoms with Crippen molar-refractivity contribution in [1.82, 2.24) is 10.4 Å². The fraction of sp³-hybridized carbons (Fsp3) is 0.706. The molecular formula is C17H26N4. The van der Waals surface area contributed by atoms with Crippen LogP contribution in [0.25, 0.3) is 0 Å². The van der Waals surface area contributed by atoms with Gasteiger partial charge >= 0.3 is 0 Å². The summed E-state index contributed by atoms with van der Waals surface area (Å²) in [4.78, 5) is 4.32. The molecule has 21 heavy (non-hydrogen) atoms. The summed E-state index contributed by atoms with van der Waals surface area (Å²) in [7, 11) is 0.